The number of amides is 1. The molecule has 2 aromatic carbocycles. The van der Waals surface area contributed by atoms with E-state index in [2.05, 4.69) is 5.32 Å². The highest BCUT2D eigenvalue weighted by Gasteiger charge is 2.24. The van der Waals surface area contributed by atoms with Crippen molar-refractivity contribution in [3.8, 4) is 0 Å². The van der Waals surface area contributed by atoms with Gasteiger partial charge in [0.05, 0.1) is 7.11 Å². The van der Waals surface area contributed by atoms with Crippen LogP contribution in [-0.2, 0) is 25.3 Å². The number of hydrogen-bond acceptors (Lipinski definition) is 5. The van der Waals surface area contributed by atoms with E-state index >= 15 is 0 Å². The standard InChI is InChI=1S/C19H20BF2NO5/c1-26-19(25)17(23-18(24)13-6-9-15(21)16(22)11-13)10-12-4-7-14(8-5-12)20(27-2)28-3/h4-9,11,17H,10H2,1-3H3,(H,23,24)/t17-/m0/s1. The fourth-order valence-corrected chi connectivity index (χ4v) is 2.63. The summed E-state index contributed by atoms with van der Waals surface area (Å²) in [6.07, 6.45) is 0.146. The van der Waals surface area contributed by atoms with Crippen LogP contribution in [0.5, 0.6) is 0 Å². The first kappa shape index (κ1) is 21.5. The predicted molar refractivity (Wildman–Crippen MR) is 99.2 cm³/mol. The van der Waals surface area contributed by atoms with Crippen LogP contribution in [0.2, 0.25) is 0 Å². The topological polar surface area (TPSA) is 73.9 Å². The fourth-order valence-electron chi connectivity index (χ4n) is 2.63. The van der Waals surface area contributed by atoms with E-state index in [-0.39, 0.29) is 12.0 Å². The molecule has 0 unspecified atom stereocenters. The van der Waals surface area contributed by atoms with Crippen molar-refractivity contribution in [3.05, 3.63) is 65.2 Å². The molecule has 0 heterocycles. The Labute approximate surface area is 161 Å². The Morgan fingerprint density at radius 3 is 2.18 bits per heavy atom. The zero-order valence-electron chi connectivity index (χ0n) is 15.7. The molecule has 1 atom stereocenters. The molecular weight excluding hydrogens is 371 g/mol. The number of hydrogen-bond donors (Lipinski definition) is 1. The Morgan fingerprint density at radius 1 is 1.00 bits per heavy atom. The lowest BCUT2D eigenvalue weighted by atomic mass is 9.78. The third kappa shape index (κ3) is 5.37. The molecule has 9 heteroatoms. The van der Waals surface area contributed by atoms with Crippen LogP contribution in [0.15, 0.2) is 42.5 Å². The average molecular weight is 391 g/mol. The fraction of sp³-hybridized carbons (Fsp3) is 0.263. The number of carbonyl (C=O) groups is 2. The van der Waals surface area contributed by atoms with E-state index < -0.39 is 36.7 Å². The van der Waals surface area contributed by atoms with Gasteiger partial charge >= 0.3 is 13.1 Å². The quantitative estimate of drug-likeness (QED) is 0.545. The number of esters is 1. The van der Waals surface area contributed by atoms with E-state index in [4.69, 9.17) is 14.0 Å². The SMILES string of the molecule is COB(OC)c1ccc(C[C@H](NC(=O)c2ccc(F)c(F)c2)C(=O)OC)cc1. The minimum Gasteiger partial charge on any atom is -0.467 e. The van der Waals surface area contributed by atoms with Crippen LogP contribution in [0.1, 0.15) is 15.9 Å². The Bertz CT molecular complexity index is 828. The van der Waals surface area contributed by atoms with Gasteiger partial charge in [-0.2, -0.15) is 0 Å². The van der Waals surface area contributed by atoms with Crippen LogP contribution < -0.4 is 10.8 Å². The van der Waals surface area contributed by atoms with Crippen LogP contribution in [-0.4, -0.2) is 46.4 Å². The molecule has 1 N–H and O–H groups in total. The van der Waals surface area contributed by atoms with Gasteiger partial charge in [0.25, 0.3) is 5.91 Å². The molecule has 0 radical (unpaired) electrons. The van der Waals surface area contributed by atoms with E-state index in [1.54, 1.807) is 24.3 Å². The van der Waals surface area contributed by atoms with Gasteiger partial charge in [-0.1, -0.05) is 24.3 Å². The summed E-state index contributed by atoms with van der Waals surface area (Å²) in [4.78, 5) is 24.4. The first-order valence-electron chi connectivity index (χ1n) is 8.37. The van der Waals surface area contributed by atoms with Crippen molar-refractivity contribution in [2.24, 2.45) is 0 Å². The third-order valence-corrected chi connectivity index (χ3v) is 4.09. The lowest BCUT2D eigenvalue weighted by Gasteiger charge is -2.17. The van der Waals surface area contributed by atoms with Crippen LogP contribution in [0.25, 0.3) is 0 Å². The van der Waals surface area contributed by atoms with Crippen LogP contribution in [0, 0.1) is 11.6 Å². The van der Waals surface area contributed by atoms with Crippen molar-refractivity contribution < 1.29 is 32.4 Å². The summed E-state index contributed by atoms with van der Waals surface area (Å²) in [7, 11) is 3.72. The number of halogens is 2. The minimum atomic E-state index is -1.15. The van der Waals surface area contributed by atoms with Gasteiger partial charge in [-0.05, 0) is 29.2 Å². The summed E-state index contributed by atoms with van der Waals surface area (Å²) in [6.45, 7) is 0. The Balaban J connectivity index is 2.14. The maximum Gasteiger partial charge on any atom is 0.493 e. The lowest BCUT2D eigenvalue weighted by molar-refractivity contribution is -0.142. The molecule has 2 rings (SSSR count). The molecule has 0 aliphatic heterocycles. The third-order valence-electron chi connectivity index (χ3n) is 4.09. The number of nitrogens with one attached hydrogen (secondary N) is 1. The maximum absolute atomic E-state index is 13.3. The maximum atomic E-state index is 13.3. The number of rotatable bonds is 8. The Kier molecular flexibility index (Phi) is 7.65. The molecule has 0 aromatic heterocycles. The van der Waals surface area contributed by atoms with Gasteiger partial charge in [0.1, 0.15) is 6.04 Å². The highest BCUT2D eigenvalue weighted by Crippen LogP contribution is 2.10. The number of methoxy groups -OCH3 is 1. The zero-order valence-corrected chi connectivity index (χ0v) is 15.7. The number of benzene rings is 2. The van der Waals surface area contributed by atoms with Crippen LogP contribution >= 0.6 is 0 Å². The van der Waals surface area contributed by atoms with Gasteiger partial charge in [-0.25, -0.2) is 13.6 Å². The highest BCUT2D eigenvalue weighted by molar-refractivity contribution is 6.61. The molecule has 0 fully saturated rings. The smallest absolute Gasteiger partial charge is 0.467 e. The molecule has 28 heavy (non-hydrogen) atoms. The first-order chi connectivity index (χ1) is 13.4. The van der Waals surface area contributed by atoms with E-state index in [1.807, 2.05) is 0 Å². The average Bonchev–Trinajstić information content (AvgIpc) is 2.70. The zero-order chi connectivity index (χ0) is 20.7. The largest absolute Gasteiger partial charge is 0.493 e. The number of carbonyl (C=O) groups excluding carboxylic acids is 2. The van der Waals surface area contributed by atoms with E-state index in [0.29, 0.717) is 0 Å². The lowest BCUT2D eigenvalue weighted by Crippen LogP contribution is -2.43. The minimum absolute atomic E-state index is 0.105. The van der Waals surface area contributed by atoms with Crippen molar-refractivity contribution >= 4 is 24.5 Å². The predicted octanol–water partition coefficient (Wildman–Crippen LogP) is 1.47. The van der Waals surface area contributed by atoms with Gasteiger partial charge < -0.3 is 19.4 Å². The monoisotopic (exact) mass is 391 g/mol. The highest BCUT2D eigenvalue weighted by atomic mass is 19.2. The van der Waals surface area contributed by atoms with E-state index in [1.165, 1.54) is 21.3 Å². The van der Waals surface area contributed by atoms with Crippen molar-refractivity contribution in [1.29, 1.82) is 0 Å². The summed E-state index contributed by atoms with van der Waals surface area (Å²) in [5, 5.41) is 2.49. The number of ether oxygens (including phenoxy) is 1. The Morgan fingerprint density at radius 2 is 1.64 bits per heavy atom. The molecule has 1 amide bonds. The second-order valence-electron chi connectivity index (χ2n) is 5.93. The van der Waals surface area contributed by atoms with Crippen molar-refractivity contribution in [2.75, 3.05) is 21.3 Å². The second-order valence-corrected chi connectivity index (χ2v) is 5.93. The van der Waals surface area contributed by atoms with Crippen LogP contribution in [0.4, 0.5) is 8.78 Å². The first-order valence-corrected chi connectivity index (χ1v) is 8.37. The van der Waals surface area contributed by atoms with E-state index in [9.17, 15) is 18.4 Å². The molecule has 0 bridgehead atoms. The summed E-state index contributed by atoms with van der Waals surface area (Å²) in [5.74, 6) is -3.59. The summed E-state index contributed by atoms with van der Waals surface area (Å²) >= 11 is 0. The van der Waals surface area contributed by atoms with E-state index in [0.717, 1.165) is 29.2 Å². The van der Waals surface area contributed by atoms with Crippen molar-refractivity contribution in [1.82, 2.24) is 5.32 Å². The molecule has 0 saturated carbocycles. The van der Waals surface area contributed by atoms with Gasteiger partial charge in [-0.3, -0.25) is 4.79 Å². The van der Waals surface area contributed by atoms with Crippen LogP contribution in [0.3, 0.4) is 0 Å². The molecule has 0 saturated heterocycles. The van der Waals surface area contributed by atoms with Gasteiger partial charge in [0, 0.05) is 26.2 Å². The molecular formula is C19H20BF2NO5. The second kappa shape index (κ2) is 9.96. The Hall–Kier alpha value is -2.78. The molecule has 2 aromatic rings. The summed E-state index contributed by atoms with van der Waals surface area (Å²) in [5.41, 5.74) is 1.43. The molecule has 0 aliphatic rings. The summed E-state index contributed by atoms with van der Waals surface area (Å²) < 4.78 is 41.5. The van der Waals surface area contributed by atoms with Gasteiger partial charge in [0.2, 0.25) is 0 Å². The normalized spacial score (nSPS) is 11.6. The van der Waals surface area contributed by atoms with Crippen molar-refractivity contribution in [2.45, 2.75) is 12.5 Å². The molecule has 0 aliphatic carbocycles. The van der Waals surface area contributed by atoms with Crippen molar-refractivity contribution in [3.63, 3.8) is 0 Å². The van der Waals surface area contributed by atoms with Gasteiger partial charge in [-0.15, -0.1) is 0 Å². The molecule has 6 nitrogen and oxygen atoms in total. The summed E-state index contributed by atoms with van der Waals surface area (Å²) in [6, 6.07) is 8.82. The molecule has 0 spiro atoms. The van der Waals surface area contributed by atoms with Gasteiger partial charge in [0.15, 0.2) is 11.6 Å². The molecule has 148 valence electrons.